The number of carbonyl (C=O) groups is 1. The van der Waals surface area contributed by atoms with E-state index in [-0.39, 0.29) is 11.5 Å². The zero-order chi connectivity index (χ0) is 23.0. The third-order valence-corrected chi connectivity index (χ3v) is 4.67. The van der Waals surface area contributed by atoms with Gasteiger partial charge in [-0.3, -0.25) is 14.6 Å². The fraction of sp³-hybridized carbons (Fsp3) is 0.0952. The zero-order valence-electron chi connectivity index (χ0n) is 16.4. The molecule has 2 N–H and O–H groups in total. The summed E-state index contributed by atoms with van der Waals surface area (Å²) in [6, 6.07) is 10.4. The Hall–Kier alpha value is -4.02. The van der Waals surface area contributed by atoms with Crippen molar-refractivity contribution in [3.63, 3.8) is 0 Å². The molecule has 0 saturated heterocycles. The van der Waals surface area contributed by atoms with Crippen LogP contribution in [0.3, 0.4) is 0 Å². The first kappa shape index (κ1) is 21.2. The van der Waals surface area contributed by atoms with Crippen LogP contribution in [0.2, 0.25) is 0 Å². The van der Waals surface area contributed by atoms with Crippen molar-refractivity contribution in [3.05, 3.63) is 88.5 Å². The molecule has 4 aromatic rings. The van der Waals surface area contributed by atoms with Gasteiger partial charge in [-0.25, -0.2) is 22.0 Å². The number of halogens is 5. The maximum absolute atomic E-state index is 13.8. The highest BCUT2D eigenvalue weighted by Crippen LogP contribution is 2.24. The largest absolute Gasteiger partial charge is 0.304 e. The lowest BCUT2D eigenvalue weighted by Gasteiger charge is -2.08. The Morgan fingerprint density at radius 3 is 2.25 bits per heavy atom. The lowest BCUT2D eigenvalue weighted by Crippen LogP contribution is -2.14. The standard InChI is InChI=1S/C21H14F5N5O/c1-10-2-4-11(5-3-10)13-8-14(29-28-13)21(32)27-15-6-7-31(30-15)9-12-16(22)18(24)20(26)19(25)17(12)23/h2-8H,9H2,1H3,(H,28,29)(H,27,30,32). The third kappa shape index (κ3) is 3.96. The minimum absolute atomic E-state index is 0.00496. The van der Waals surface area contributed by atoms with Crippen molar-refractivity contribution in [1.29, 1.82) is 0 Å². The Labute approximate surface area is 177 Å². The summed E-state index contributed by atoms with van der Waals surface area (Å²) in [4.78, 5) is 12.4. The molecule has 0 radical (unpaired) electrons. The predicted molar refractivity (Wildman–Crippen MR) is 104 cm³/mol. The lowest BCUT2D eigenvalue weighted by molar-refractivity contribution is 0.102. The quantitative estimate of drug-likeness (QED) is 0.267. The number of anilines is 1. The van der Waals surface area contributed by atoms with Crippen molar-refractivity contribution in [2.75, 3.05) is 5.32 Å². The molecule has 0 bridgehead atoms. The van der Waals surface area contributed by atoms with Crippen LogP contribution in [0.1, 0.15) is 21.6 Å². The van der Waals surface area contributed by atoms with Gasteiger partial charge in [0.2, 0.25) is 5.82 Å². The minimum atomic E-state index is -2.23. The molecule has 0 aliphatic carbocycles. The van der Waals surface area contributed by atoms with Crippen molar-refractivity contribution >= 4 is 11.7 Å². The summed E-state index contributed by atoms with van der Waals surface area (Å²) in [6.45, 7) is 1.21. The maximum atomic E-state index is 13.8. The second-order valence-corrected chi connectivity index (χ2v) is 6.93. The van der Waals surface area contributed by atoms with Crippen molar-refractivity contribution in [2.24, 2.45) is 0 Å². The van der Waals surface area contributed by atoms with Crippen LogP contribution in [0.25, 0.3) is 11.3 Å². The van der Waals surface area contributed by atoms with Crippen molar-refractivity contribution < 1.29 is 26.7 Å². The van der Waals surface area contributed by atoms with Gasteiger partial charge in [0.05, 0.1) is 17.8 Å². The molecule has 11 heteroatoms. The van der Waals surface area contributed by atoms with Crippen LogP contribution in [0, 0.1) is 36.0 Å². The fourth-order valence-corrected chi connectivity index (χ4v) is 2.96. The van der Waals surface area contributed by atoms with Gasteiger partial charge in [0.25, 0.3) is 5.91 Å². The lowest BCUT2D eigenvalue weighted by atomic mass is 10.1. The van der Waals surface area contributed by atoms with Crippen LogP contribution < -0.4 is 5.32 Å². The van der Waals surface area contributed by atoms with Crippen LogP contribution in [0.5, 0.6) is 0 Å². The number of hydrogen-bond donors (Lipinski definition) is 2. The molecule has 0 saturated carbocycles. The van der Waals surface area contributed by atoms with Crippen LogP contribution in [0.15, 0.2) is 42.6 Å². The second kappa shape index (κ2) is 8.25. The molecule has 4 rings (SSSR count). The van der Waals surface area contributed by atoms with E-state index >= 15 is 0 Å². The van der Waals surface area contributed by atoms with Crippen molar-refractivity contribution in [3.8, 4) is 11.3 Å². The molecule has 2 heterocycles. The number of rotatable bonds is 5. The van der Waals surface area contributed by atoms with Gasteiger partial charge in [-0.2, -0.15) is 10.2 Å². The summed E-state index contributed by atoms with van der Waals surface area (Å²) in [5.74, 6) is -10.8. The molecule has 2 aromatic carbocycles. The van der Waals surface area contributed by atoms with Gasteiger partial charge in [-0.15, -0.1) is 0 Å². The zero-order valence-corrected chi connectivity index (χ0v) is 16.4. The van der Waals surface area contributed by atoms with E-state index in [0.29, 0.717) is 5.69 Å². The molecule has 0 fully saturated rings. The van der Waals surface area contributed by atoms with Gasteiger partial charge in [0.15, 0.2) is 29.1 Å². The number of nitrogens with one attached hydrogen (secondary N) is 2. The van der Waals surface area contributed by atoms with E-state index in [1.54, 1.807) is 0 Å². The smallest absolute Gasteiger partial charge is 0.274 e. The average Bonchev–Trinajstić information content (AvgIpc) is 3.44. The van der Waals surface area contributed by atoms with E-state index in [2.05, 4.69) is 20.6 Å². The highest BCUT2D eigenvalue weighted by atomic mass is 19.2. The number of benzene rings is 2. The van der Waals surface area contributed by atoms with Gasteiger partial charge >= 0.3 is 0 Å². The highest BCUT2D eigenvalue weighted by Gasteiger charge is 2.26. The molecule has 32 heavy (non-hydrogen) atoms. The summed E-state index contributed by atoms with van der Waals surface area (Å²) >= 11 is 0. The molecule has 164 valence electrons. The number of aromatic amines is 1. The fourth-order valence-electron chi connectivity index (χ4n) is 2.96. The summed E-state index contributed by atoms with van der Waals surface area (Å²) in [6.07, 6.45) is 1.22. The van der Waals surface area contributed by atoms with E-state index in [1.165, 1.54) is 18.3 Å². The normalized spacial score (nSPS) is 11.1. The molecule has 2 aromatic heterocycles. The topological polar surface area (TPSA) is 75.6 Å². The number of amides is 1. The van der Waals surface area contributed by atoms with Crippen LogP contribution in [0.4, 0.5) is 27.8 Å². The van der Waals surface area contributed by atoms with Gasteiger partial charge in [0, 0.05) is 17.8 Å². The number of aromatic nitrogens is 4. The molecule has 0 unspecified atom stereocenters. The second-order valence-electron chi connectivity index (χ2n) is 6.93. The Morgan fingerprint density at radius 1 is 0.969 bits per heavy atom. The molecule has 0 aliphatic heterocycles. The maximum Gasteiger partial charge on any atom is 0.274 e. The number of aryl methyl sites for hydroxylation is 1. The van der Waals surface area contributed by atoms with Crippen molar-refractivity contribution in [2.45, 2.75) is 13.5 Å². The highest BCUT2D eigenvalue weighted by molar-refractivity contribution is 6.02. The first-order valence-corrected chi connectivity index (χ1v) is 9.22. The van der Waals surface area contributed by atoms with Crippen LogP contribution in [-0.4, -0.2) is 25.9 Å². The third-order valence-electron chi connectivity index (χ3n) is 4.67. The number of hydrogen-bond acceptors (Lipinski definition) is 3. The monoisotopic (exact) mass is 447 g/mol. The van der Waals surface area contributed by atoms with E-state index < -0.39 is 47.1 Å². The van der Waals surface area contributed by atoms with Gasteiger partial charge in [0.1, 0.15) is 5.69 Å². The predicted octanol–water partition coefficient (Wildman–Crippen LogP) is 4.58. The Bertz CT molecular complexity index is 1280. The number of nitrogens with zero attached hydrogens (tertiary/aromatic N) is 3. The minimum Gasteiger partial charge on any atom is -0.304 e. The molecular weight excluding hydrogens is 433 g/mol. The summed E-state index contributed by atoms with van der Waals surface area (Å²) < 4.78 is 68.5. The molecule has 1 amide bonds. The average molecular weight is 447 g/mol. The van der Waals surface area contributed by atoms with Crippen LogP contribution in [-0.2, 0) is 6.54 Å². The van der Waals surface area contributed by atoms with Gasteiger partial charge in [-0.1, -0.05) is 29.8 Å². The van der Waals surface area contributed by atoms with Gasteiger partial charge < -0.3 is 5.32 Å². The number of H-pyrrole nitrogens is 1. The summed E-state index contributed by atoms with van der Waals surface area (Å²) in [5.41, 5.74) is 1.52. The molecular formula is C21H14F5N5O. The Morgan fingerprint density at radius 2 is 1.59 bits per heavy atom. The first-order chi connectivity index (χ1) is 15.2. The summed E-state index contributed by atoms with van der Waals surface area (Å²) in [5, 5.41) is 13.0. The van der Waals surface area contributed by atoms with E-state index in [4.69, 9.17) is 0 Å². The molecule has 0 spiro atoms. The molecule has 0 aliphatic rings. The Balaban J connectivity index is 1.49. The van der Waals surface area contributed by atoms with Crippen LogP contribution >= 0.6 is 0 Å². The van der Waals surface area contributed by atoms with E-state index in [9.17, 15) is 26.7 Å². The summed E-state index contributed by atoms with van der Waals surface area (Å²) in [7, 11) is 0. The molecule has 6 nitrogen and oxygen atoms in total. The van der Waals surface area contributed by atoms with E-state index in [0.717, 1.165) is 15.8 Å². The SMILES string of the molecule is Cc1ccc(-c2cc(C(=O)Nc3ccn(Cc4c(F)c(F)c(F)c(F)c4F)n3)[nH]n2)cc1. The van der Waals surface area contributed by atoms with Crippen molar-refractivity contribution in [1.82, 2.24) is 20.0 Å². The number of carbonyl (C=O) groups excluding carboxylic acids is 1. The van der Waals surface area contributed by atoms with E-state index in [1.807, 2.05) is 31.2 Å². The Kier molecular flexibility index (Phi) is 5.47. The molecule has 0 atom stereocenters. The first-order valence-electron chi connectivity index (χ1n) is 9.22. The van der Waals surface area contributed by atoms with Gasteiger partial charge in [-0.05, 0) is 13.0 Å².